The Morgan fingerprint density at radius 1 is 1.25 bits per heavy atom. The number of nitrogens with one attached hydrogen (secondary N) is 1. The van der Waals surface area contributed by atoms with Crippen LogP contribution in [0.25, 0.3) is 0 Å². The van der Waals surface area contributed by atoms with E-state index in [1.54, 1.807) is 24.3 Å². The summed E-state index contributed by atoms with van der Waals surface area (Å²) in [6, 6.07) is 12.9. The molecule has 0 radical (unpaired) electrons. The van der Waals surface area contributed by atoms with E-state index in [0.29, 0.717) is 11.3 Å². The highest BCUT2D eigenvalue weighted by Crippen LogP contribution is 2.38. The number of phenols is 1. The number of carbonyl (C=O) groups is 1. The molecule has 3 rings (SSSR count). The van der Waals surface area contributed by atoms with Crippen LogP contribution >= 0.6 is 0 Å². The minimum Gasteiger partial charge on any atom is -0.508 e. The molecule has 1 atom stereocenters. The van der Waals surface area contributed by atoms with E-state index in [1.165, 1.54) is 0 Å². The van der Waals surface area contributed by atoms with Gasteiger partial charge in [-0.05, 0) is 48.2 Å². The fraction of sp³-hybridized carbons (Fsp3) is 0.188. The number of hydrogen-bond acceptors (Lipinski definition) is 3. The maximum absolute atomic E-state index is 11.2. The smallest absolute Gasteiger partial charge is 0.248 e. The van der Waals surface area contributed by atoms with Crippen molar-refractivity contribution in [3.8, 4) is 5.75 Å². The molecule has 20 heavy (non-hydrogen) atoms. The number of amides is 1. The molecule has 0 saturated heterocycles. The molecule has 4 heteroatoms. The molecule has 1 aliphatic rings. The first-order valence-electron chi connectivity index (χ1n) is 6.62. The molecular weight excluding hydrogens is 252 g/mol. The van der Waals surface area contributed by atoms with Gasteiger partial charge in [0.15, 0.2) is 0 Å². The van der Waals surface area contributed by atoms with Crippen LogP contribution in [0.5, 0.6) is 5.75 Å². The summed E-state index contributed by atoms with van der Waals surface area (Å²) in [7, 11) is 0. The Kier molecular flexibility index (Phi) is 3.06. The van der Waals surface area contributed by atoms with E-state index in [0.717, 1.165) is 29.7 Å². The molecule has 2 aromatic carbocycles. The van der Waals surface area contributed by atoms with E-state index < -0.39 is 5.91 Å². The Hall–Kier alpha value is -2.49. The molecule has 0 aliphatic heterocycles. The number of hydrogen-bond donors (Lipinski definition) is 3. The summed E-state index contributed by atoms with van der Waals surface area (Å²) in [6.07, 6.45) is 1.78. The second-order valence-electron chi connectivity index (χ2n) is 5.03. The van der Waals surface area contributed by atoms with Gasteiger partial charge in [0, 0.05) is 11.3 Å². The van der Waals surface area contributed by atoms with Crippen LogP contribution in [0.15, 0.2) is 42.5 Å². The maximum Gasteiger partial charge on any atom is 0.248 e. The van der Waals surface area contributed by atoms with Gasteiger partial charge in [-0.15, -0.1) is 0 Å². The van der Waals surface area contributed by atoms with E-state index in [1.807, 2.05) is 18.2 Å². The zero-order valence-electron chi connectivity index (χ0n) is 11.0. The van der Waals surface area contributed by atoms with Gasteiger partial charge in [-0.2, -0.15) is 0 Å². The third kappa shape index (κ3) is 2.20. The van der Waals surface area contributed by atoms with Crippen LogP contribution in [0.3, 0.4) is 0 Å². The van der Waals surface area contributed by atoms with Crippen LogP contribution in [0.1, 0.15) is 33.9 Å². The number of benzene rings is 2. The molecule has 4 N–H and O–H groups in total. The van der Waals surface area contributed by atoms with E-state index in [4.69, 9.17) is 5.73 Å². The Labute approximate surface area is 117 Å². The predicted octanol–water partition coefficient (Wildman–Crippen LogP) is 2.59. The summed E-state index contributed by atoms with van der Waals surface area (Å²) in [5, 5.41) is 13.2. The average Bonchev–Trinajstić information content (AvgIpc) is 2.84. The summed E-state index contributed by atoms with van der Waals surface area (Å²) in [5.41, 5.74) is 8.77. The first-order chi connectivity index (χ1) is 9.65. The van der Waals surface area contributed by atoms with Crippen LogP contribution in [0, 0.1) is 0 Å². The van der Waals surface area contributed by atoms with Gasteiger partial charge in [0.2, 0.25) is 5.91 Å². The summed E-state index contributed by atoms with van der Waals surface area (Å²) in [6.45, 7) is 0. The quantitative estimate of drug-likeness (QED) is 0.801. The van der Waals surface area contributed by atoms with Crippen molar-refractivity contribution in [2.24, 2.45) is 5.73 Å². The van der Waals surface area contributed by atoms with Crippen molar-refractivity contribution in [3.05, 3.63) is 59.2 Å². The van der Waals surface area contributed by atoms with Gasteiger partial charge >= 0.3 is 0 Å². The number of primary amides is 1. The molecule has 4 nitrogen and oxygen atoms in total. The number of phenolic OH excluding ortho intramolecular Hbond substituents is 1. The van der Waals surface area contributed by atoms with Crippen molar-refractivity contribution in [1.82, 2.24) is 0 Å². The van der Waals surface area contributed by atoms with Crippen LogP contribution in [0.4, 0.5) is 5.69 Å². The normalized spacial score (nSPS) is 16.7. The maximum atomic E-state index is 11.2. The highest BCUT2D eigenvalue weighted by Gasteiger charge is 2.24. The van der Waals surface area contributed by atoms with Gasteiger partial charge in [0.1, 0.15) is 5.75 Å². The first kappa shape index (κ1) is 12.5. The van der Waals surface area contributed by atoms with E-state index in [9.17, 15) is 9.90 Å². The zero-order valence-corrected chi connectivity index (χ0v) is 11.0. The second kappa shape index (κ2) is 4.89. The molecule has 1 unspecified atom stereocenters. The van der Waals surface area contributed by atoms with Crippen molar-refractivity contribution in [2.75, 3.05) is 5.32 Å². The van der Waals surface area contributed by atoms with Gasteiger partial charge < -0.3 is 16.2 Å². The van der Waals surface area contributed by atoms with Gasteiger partial charge in [-0.3, -0.25) is 4.79 Å². The number of aromatic hydroxyl groups is 1. The van der Waals surface area contributed by atoms with Crippen molar-refractivity contribution < 1.29 is 9.90 Å². The van der Waals surface area contributed by atoms with E-state index in [2.05, 4.69) is 5.32 Å². The summed E-state index contributed by atoms with van der Waals surface area (Å²) >= 11 is 0. The number of anilines is 1. The van der Waals surface area contributed by atoms with Gasteiger partial charge in [0.05, 0.1) is 6.04 Å². The molecule has 0 saturated carbocycles. The molecule has 0 aromatic heterocycles. The lowest BCUT2D eigenvalue weighted by Crippen LogP contribution is -2.12. The molecule has 0 spiro atoms. The topological polar surface area (TPSA) is 75.4 Å². The monoisotopic (exact) mass is 268 g/mol. The third-order valence-electron chi connectivity index (χ3n) is 3.73. The second-order valence-corrected chi connectivity index (χ2v) is 5.03. The van der Waals surface area contributed by atoms with Crippen molar-refractivity contribution in [1.29, 1.82) is 0 Å². The minimum atomic E-state index is -0.432. The average molecular weight is 268 g/mol. The molecule has 2 aromatic rings. The van der Waals surface area contributed by atoms with Gasteiger partial charge in [-0.25, -0.2) is 0 Å². The molecule has 0 heterocycles. The highest BCUT2D eigenvalue weighted by atomic mass is 16.3. The lowest BCUT2D eigenvalue weighted by atomic mass is 10.1. The van der Waals surface area contributed by atoms with Gasteiger partial charge in [-0.1, -0.05) is 18.2 Å². The standard InChI is InChI=1S/C16H16N2O2/c17-16(20)10-3-1-4-11(9-10)18-14-8-7-13-12(14)5-2-6-15(13)19/h1-6,9,14,18-19H,7-8H2,(H2,17,20). The van der Waals surface area contributed by atoms with E-state index in [-0.39, 0.29) is 6.04 Å². The molecule has 1 amide bonds. The summed E-state index contributed by atoms with van der Waals surface area (Å²) in [4.78, 5) is 11.2. The van der Waals surface area contributed by atoms with Crippen molar-refractivity contribution >= 4 is 11.6 Å². The summed E-state index contributed by atoms with van der Waals surface area (Å²) < 4.78 is 0. The Morgan fingerprint density at radius 3 is 2.85 bits per heavy atom. The van der Waals surface area contributed by atoms with Crippen LogP contribution in [-0.2, 0) is 6.42 Å². The molecule has 102 valence electrons. The van der Waals surface area contributed by atoms with Crippen molar-refractivity contribution in [2.45, 2.75) is 18.9 Å². The minimum absolute atomic E-state index is 0.153. The Balaban J connectivity index is 1.86. The molecule has 1 aliphatic carbocycles. The largest absolute Gasteiger partial charge is 0.508 e. The van der Waals surface area contributed by atoms with E-state index >= 15 is 0 Å². The fourth-order valence-corrected chi connectivity index (χ4v) is 2.75. The third-order valence-corrected chi connectivity index (χ3v) is 3.73. The SMILES string of the molecule is NC(=O)c1cccc(NC2CCc3c(O)cccc32)c1. The Morgan fingerprint density at radius 2 is 2.05 bits per heavy atom. The Bertz CT molecular complexity index is 667. The first-order valence-corrected chi connectivity index (χ1v) is 6.62. The molecule has 0 bridgehead atoms. The lowest BCUT2D eigenvalue weighted by Gasteiger charge is -2.16. The lowest BCUT2D eigenvalue weighted by molar-refractivity contribution is 0.100. The van der Waals surface area contributed by atoms with Crippen LogP contribution < -0.4 is 11.1 Å². The van der Waals surface area contributed by atoms with Crippen LogP contribution in [0.2, 0.25) is 0 Å². The zero-order chi connectivity index (χ0) is 14.1. The fourth-order valence-electron chi connectivity index (χ4n) is 2.75. The number of rotatable bonds is 3. The van der Waals surface area contributed by atoms with Crippen LogP contribution in [-0.4, -0.2) is 11.0 Å². The molecular formula is C16H16N2O2. The van der Waals surface area contributed by atoms with Crippen molar-refractivity contribution in [3.63, 3.8) is 0 Å². The number of nitrogens with two attached hydrogens (primary N) is 1. The van der Waals surface area contributed by atoms with Gasteiger partial charge in [0.25, 0.3) is 0 Å². The predicted molar refractivity (Wildman–Crippen MR) is 77.8 cm³/mol. The molecule has 0 fully saturated rings. The number of carbonyl (C=O) groups excluding carboxylic acids is 1. The number of fused-ring (bicyclic) bond motifs is 1. The highest BCUT2D eigenvalue weighted by molar-refractivity contribution is 5.93. The summed E-state index contributed by atoms with van der Waals surface area (Å²) in [5.74, 6) is -0.0733.